The molecule has 3 aromatic rings. The van der Waals surface area contributed by atoms with Gasteiger partial charge in [-0.25, -0.2) is 15.1 Å². The van der Waals surface area contributed by atoms with E-state index < -0.39 is 5.91 Å². The SMILES string of the molecule is Cc1[nH]n(-c2ccccc2)c(=O)c1C=NNC(=O)c1cnccn1. The van der Waals surface area contributed by atoms with Crippen molar-refractivity contribution in [1.82, 2.24) is 25.2 Å². The number of carbonyl (C=O) groups is 1. The predicted molar refractivity (Wildman–Crippen MR) is 88.2 cm³/mol. The summed E-state index contributed by atoms with van der Waals surface area (Å²) in [5.41, 5.74) is 3.92. The Hall–Kier alpha value is -3.55. The lowest BCUT2D eigenvalue weighted by molar-refractivity contribution is 0.0949. The molecule has 2 N–H and O–H groups in total. The highest BCUT2D eigenvalue weighted by atomic mass is 16.2. The van der Waals surface area contributed by atoms with Gasteiger partial charge in [0.25, 0.3) is 11.5 Å². The first-order valence-electron chi connectivity index (χ1n) is 7.13. The molecule has 0 aliphatic carbocycles. The molecule has 1 amide bonds. The molecule has 24 heavy (non-hydrogen) atoms. The van der Waals surface area contributed by atoms with Gasteiger partial charge in [-0.2, -0.15) is 5.10 Å². The highest BCUT2D eigenvalue weighted by Gasteiger charge is 2.11. The summed E-state index contributed by atoms with van der Waals surface area (Å²) in [7, 11) is 0. The van der Waals surface area contributed by atoms with E-state index in [1.165, 1.54) is 29.5 Å². The number of aromatic amines is 1. The molecule has 2 aromatic heterocycles. The van der Waals surface area contributed by atoms with E-state index in [1.54, 1.807) is 6.92 Å². The fourth-order valence-corrected chi connectivity index (χ4v) is 2.10. The molecule has 0 unspecified atom stereocenters. The number of hydrazone groups is 1. The van der Waals surface area contributed by atoms with Crippen LogP contribution in [0, 0.1) is 6.92 Å². The smallest absolute Gasteiger partial charge is 0.291 e. The molecule has 1 aromatic carbocycles. The van der Waals surface area contributed by atoms with E-state index >= 15 is 0 Å². The second kappa shape index (κ2) is 6.69. The van der Waals surface area contributed by atoms with Crippen LogP contribution in [-0.2, 0) is 0 Å². The third-order valence-electron chi connectivity index (χ3n) is 3.29. The monoisotopic (exact) mass is 322 g/mol. The topological polar surface area (TPSA) is 105 Å². The first kappa shape index (κ1) is 15.3. The van der Waals surface area contributed by atoms with Crippen LogP contribution in [0.5, 0.6) is 0 Å². The van der Waals surface area contributed by atoms with Gasteiger partial charge in [-0.05, 0) is 19.1 Å². The summed E-state index contributed by atoms with van der Waals surface area (Å²) in [4.78, 5) is 31.9. The maximum absolute atomic E-state index is 12.4. The summed E-state index contributed by atoms with van der Waals surface area (Å²) in [6.07, 6.45) is 5.51. The van der Waals surface area contributed by atoms with Gasteiger partial charge in [0.15, 0.2) is 0 Å². The van der Waals surface area contributed by atoms with E-state index in [1.807, 2.05) is 30.3 Å². The minimum absolute atomic E-state index is 0.141. The van der Waals surface area contributed by atoms with Gasteiger partial charge in [0.1, 0.15) is 5.69 Å². The first-order valence-corrected chi connectivity index (χ1v) is 7.13. The zero-order valence-corrected chi connectivity index (χ0v) is 12.8. The number of H-pyrrole nitrogens is 1. The number of aromatic nitrogens is 4. The first-order chi connectivity index (χ1) is 11.7. The zero-order valence-electron chi connectivity index (χ0n) is 12.8. The van der Waals surface area contributed by atoms with Crippen LogP contribution in [0.25, 0.3) is 5.69 Å². The minimum Gasteiger partial charge on any atom is -0.295 e. The van der Waals surface area contributed by atoms with Crippen molar-refractivity contribution in [3.05, 3.63) is 76.2 Å². The third-order valence-corrected chi connectivity index (χ3v) is 3.29. The second-order valence-electron chi connectivity index (χ2n) is 4.92. The fourth-order valence-electron chi connectivity index (χ4n) is 2.10. The Morgan fingerprint density at radius 1 is 1.29 bits per heavy atom. The Balaban J connectivity index is 1.80. The van der Waals surface area contributed by atoms with E-state index in [0.29, 0.717) is 16.9 Å². The maximum Gasteiger partial charge on any atom is 0.291 e. The molecule has 0 fully saturated rings. The van der Waals surface area contributed by atoms with Crippen molar-refractivity contribution in [1.29, 1.82) is 0 Å². The maximum atomic E-state index is 12.4. The lowest BCUT2D eigenvalue weighted by Gasteiger charge is -1.99. The predicted octanol–water partition coefficient (Wildman–Crippen LogP) is 1.03. The lowest BCUT2D eigenvalue weighted by atomic mass is 10.3. The molecular formula is C16H14N6O2. The minimum atomic E-state index is -0.504. The van der Waals surface area contributed by atoms with Gasteiger partial charge in [-0.3, -0.25) is 19.7 Å². The number of carbonyl (C=O) groups excluding carboxylic acids is 1. The summed E-state index contributed by atoms with van der Waals surface area (Å²) in [5, 5.41) is 6.80. The normalized spacial score (nSPS) is 10.9. The average molecular weight is 322 g/mol. The van der Waals surface area contributed by atoms with Gasteiger partial charge >= 0.3 is 0 Å². The molecule has 0 atom stereocenters. The molecule has 0 saturated heterocycles. The van der Waals surface area contributed by atoms with Gasteiger partial charge in [-0.1, -0.05) is 18.2 Å². The highest BCUT2D eigenvalue weighted by molar-refractivity contribution is 5.92. The number of nitrogens with one attached hydrogen (secondary N) is 2. The molecule has 8 heteroatoms. The molecule has 0 spiro atoms. The van der Waals surface area contributed by atoms with Crippen LogP contribution < -0.4 is 11.0 Å². The van der Waals surface area contributed by atoms with Crippen molar-refractivity contribution in [2.75, 3.05) is 0 Å². The van der Waals surface area contributed by atoms with Crippen molar-refractivity contribution in [3.8, 4) is 5.69 Å². The zero-order chi connectivity index (χ0) is 16.9. The molecule has 0 radical (unpaired) electrons. The molecule has 0 aliphatic rings. The molecule has 0 bridgehead atoms. The van der Waals surface area contributed by atoms with Crippen molar-refractivity contribution < 1.29 is 4.79 Å². The number of amides is 1. The molecule has 0 saturated carbocycles. The van der Waals surface area contributed by atoms with Crippen molar-refractivity contribution in [2.24, 2.45) is 5.10 Å². The Labute approximate surface area is 136 Å². The van der Waals surface area contributed by atoms with Crippen molar-refractivity contribution >= 4 is 12.1 Å². The van der Waals surface area contributed by atoms with Crippen LogP contribution in [0.2, 0.25) is 0 Å². The second-order valence-corrected chi connectivity index (χ2v) is 4.92. The van der Waals surface area contributed by atoms with E-state index in [-0.39, 0.29) is 11.3 Å². The van der Waals surface area contributed by atoms with E-state index in [9.17, 15) is 9.59 Å². The Bertz CT molecular complexity index is 928. The highest BCUT2D eigenvalue weighted by Crippen LogP contribution is 2.05. The number of rotatable bonds is 4. The largest absolute Gasteiger partial charge is 0.295 e. The third kappa shape index (κ3) is 3.12. The summed E-state index contributed by atoms with van der Waals surface area (Å²) < 4.78 is 1.42. The van der Waals surface area contributed by atoms with Crippen LogP contribution in [0.15, 0.2) is 58.8 Å². The number of para-hydroxylation sites is 1. The van der Waals surface area contributed by atoms with Crippen molar-refractivity contribution in [3.63, 3.8) is 0 Å². The average Bonchev–Trinajstić information content (AvgIpc) is 2.91. The number of benzene rings is 1. The van der Waals surface area contributed by atoms with Crippen LogP contribution >= 0.6 is 0 Å². The Morgan fingerprint density at radius 3 is 2.79 bits per heavy atom. The lowest BCUT2D eigenvalue weighted by Crippen LogP contribution is -2.21. The summed E-state index contributed by atoms with van der Waals surface area (Å²) in [6.45, 7) is 1.76. The molecule has 8 nitrogen and oxygen atoms in total. The van der Waals surface area contributed by atoms with E-state index in [0.717, 1.165) is 0 Å². The number of nitrogens with zero attached hydrogens (tertiary/aromatic N) is 4. The molecule has 3 rings (SSSR count). The van der Waals surface area contributed by atoms with E-state index in [4.69, 9.17) is 0 Å². The van der Waals surface area contributed by atoms with Crippen molar-refractivity contribution in [2.45, 2.75) is 6.92 Å². The fraction of sp³-hybridized carbons (Fsp3) is 0.0625. The summed E-state index contributed by atoms with van der Waals surface area (Å²) >= 11 is 0. The number of aryl methyl sites for hydroxylation is 1. The summed E-state index contributed by atoms with van der Waals surface area (Å²) in [6, 6.07) is 9.18. The number of hydrogen-bond acceptors (Lipinski definition) is 5. The van der Waals surface area contributed by atoms with Gasteiger partial charge in [0.2, 0.25) is 0 Å². The Kier molecular flexibility index (Phi) is 4.28. The van der Waals surface area contributed by atoms with Crippen LogP contribution in [0.4, 0.5) is 0 Å². The van der Waals surface area contributed by atoms with Crippen LogP contribution in [-0.4, -0.2) is 31.9 Å². The van der Waals surface area contributed by atoms with Crippen LogP contribution in [0.1, 0.15) is 21.7 Å². The molecular weight excluding hydrogens is 308 g/mol. The standard InChI is InChI=1S/C16H14N6O2/c1-11-13(9-19-20-15(23)14-10-17-7-8-18-14)16(24)22(21-11)12-5-3-2-4-6-12/h2-10,21H,1H3,(H,20,23). The van der Waals surface area contributed by atoms with Gasteiger partial charge in [-0.15, -0.1) is 0 Å². The quantitative estimate of drug-likeness (QED) is 0.553. The molecule has 0 aliphatic heterocycles. The number of hydrogen-bond donors (Lipinski definition) is 2. The Morgan fingerprint density at radius 2 is 2.08 bits per heavy atom. The van der Waals surface area contributed by atoms with E-state index in [2.05, 4.69) is 25.6 Å². The van der Waals surface area contributed by atoms with Gasteiger partial charge in [0.05, 0.1) is 23.7 Å². The van der Waals surface area contributed by atoms with Gasteiger partial charge < -0.3 is 0 Å². The van der Waals surface area contributed by atoms with Gasteiger partial charge in [0, 0.05) is 18.1 Å². The molecule has 120 valence electrons. The molecule has 2 heterocycles. The summed E-state index contributed by atoms with van der Waals surface area (Å²) in [5.74, 6) is -0.504. The van der Waals surface area contributed by atoms with Crippen LogP contribution in [0.3, 0.4) is 0 Å².